The summed E-state index contributed by atoms with van der Waals surface area (Å²) in [5.41, 5.74) is 0.662. The number of aliphatic hydroxyl groups is 4. The number of nitrogens with zero attached hydrogens (tertiary/aromatic N) is 1. The van der Waals surface area contributed by atoms with Crippen LogP contribution in [0.5, 0.6) is 5.75 Å². The predicted molar refractivity (Wildman–Crippen MR) is 79.9 cm³/mol. The van der Waals surface area contributed by atoms with Gasteiger partial charge in [-0.3, -0.25) is 4.98 Å². The first kappa shape index (κ1) is 18.0. The normalized spacial score (nSPS) is 29.6. The van der Waals surface area contributed by atoms with E-state index in [9.17, 15) is 9.90 Å². The molecule has 1 aliphatic rings. The Bertz CT molecular complexity index is 703. The molecular formula is C15H17NO8. The van der Waals surface area contributed by atoms with Crippen LogP contribution in [0, 0.1) is 0 Å². The number of phenolic OH excluding ortho intramolecular Hbond substituents is 1. The van der Waals surface area contributed by atoms with Crippen LogP contribution in [-0.4, -0.2) is 72.3 Å². The van der Waals surface area contributed by atoms with E-state index in [4.69, 9.17) is 25.5 Å². The molecule has 1 aromatic carbocycles. The summed E-state index contributed by atoms with van der Waals surface area (Å²) in [5, 5.41) is 54.6. The lowest BCUT2D eigenvalue weighted by atomic mass is 9.99. The van der Waals surface area contributed by atoms with Crippen LogP contribution in [0.1, 0.15) is 0 Å². The molecule has 0 saturated carbocycles. The van der Waals surface area contributed by atoms with Gasteiger partial charge in [-0.2, -0.15) is 0 Å². The minimum atomic E-state index is -1.81. The zero-order valence-electron chi connectivity index (χ0n) is 12.3. The Kier molecular flexibility index (Phi) is 5.65. The second-order valence-corrected chi connectivity index (χ2v) is 5.11. The molecule has 2 aromatic rings. The van der Waals surface area contributed by atoms with E-state index in [-0.39, 0.29) is 5.75 Å². The Balaban J connectivity index is 0.000000175. The summed E-state index contributed by atoms with van der Waals surface area (Å²) in [6.45, 7) is 0. The fourth-order valence-corrected chi connectivity index (χ4v) is 2.15. The smallest absolute Gasteiger partial charge is 0.335 e. The number of pyridine rings is 1. The molecule has 0 aliphatic carbocycles. The van der Waals surface area contributed by atoms with Crippen LogP contribution in [0.4, 0.5) is 0 Å². The maximum absolute atomic E-state index is 10.4. The monoisotopic (exact) mass is 339 g/mol. The van der Waals surface area contributed by atoms with Crippen molar-refractivity contribution in [1.82, 2.24) is 4.98 Å². The van der Waals surface area contributed by atoms with Crippen molar-refractivity contribution in [2.45, 2.75) is 30.7 Å². The van der Waals surface area contributed by atoms with Gasteiger partial charge in [0.2, 0.25) is 0 Å². The molecule has 6 N–H and O–H groups in total. The van der Waals surface area contributed by atoms with Crippen LogP contribution >= 0.6 is 0 Å². The minimum absolute atomic E-state index is 0.239. The van der Waals surface area contributed by atoms with Gasteiger partial charge < -0.3 is 35.4 Å². The second-order valence-electron chi connectivity index (χ2n) is 5.11. The third-order valence-corrected chi connectivity index (χ3v) is 3.44. The molecule has 1 aromatic heterocycles. The third kappa shape index (κ3) is 3.78. The number of phenols is 1. The van der Waals surface area contributed by atoms with E-state index < -0.39 is 36.7 Å². The molecule has 0 bridgehead atoms. The number of hydrogen-bond acceptors (Lipinski definition) is 8. The summed E-state index contributed by atoms with van der Waals surface area (Å²) in [6, 6.07) is 9.13. The predicted octanol–water partition coefficient (Wildman–Crippen LogP) is -1.19. The molecule has 0 amide bonds. The molecule has 130 valence electrons. The van der Waals surface area contributed by atoms with Crippen molar-refractivity contribution >= 4 is 16.9 Å². The molecular weight excluding hydrogens is 322 g/mol. The minimum Gasteiger partial charge on any atom is -0.506 e. The highest BCUT2D eigenvalue weighted by molar-refractivity contribution is 5.83. The fourth-order valence-electron chi connectivity index (χ4n) is 2.15. The molecule has 24 heavy (non-hydrogen) atoms. The van der Waals surface area contributed by atoms with Crippen LogP contribution in [0.3, 0.4) is 0 Å². The fraction of sp³-hybridized carbons (Fsp3) is 0.333. The van der Waals surface area contributed by atoms with E-state index in [0.717, 1.165) is 5.39 Å². The third-order valence-electron chi connectivity index (χ3n) is 3.44. The highest BCUT2D eigenvalue weighted by Gasteiger charge is 2.46. The Labute approximate surface area is 136 Å². The summed E-state index contributed by atoms with van der Waals surface area (Å²) in [6.07, 6.45) is -7.05. The number of aromatic hydroxyl groups is 1. The highest BCUT2D eigenvalue weighted by atomic mass is 16.6. The van der Waals surface area contributed by atoms with Crippen LogP contribution in [0.2, 0.25) is 0 Å². The number of benzene rings is 1. The zero-order chi connectivity index (χ0) is 17.9. The summed E-state index contributed by atoms with van der Waals surface area (Å²) in [4.78, 5) is 14.4. The first-order valence-electron chi connectivity index (χ1n) is 6.96. The molecule has 5 atom stereocenters. The Hall–Kier alpha value is -2.30. The van der Waals surface area contributed by atoms with Crippen LogP contribution < -0.4 is 0 Å². The number of fused-ring (bicyclic) bond motifs is 1. The standard InChI is InChI=1S/C9H7NO.C6H10O7/c11-8-5-1-3-7-4-2-6-10-9(7)8;7-1-2(8)4(5(10)11)13-6(12)3(1)9/h1-6,11H;1-4,6-9,12H,(H,10,11)/t;1-,2-,3+,4-,6+/m.0/s1. The first-order chi connectivity index (χ1) is 11.3. The average Bonchev–Trinajstić information content (AvgIpc) is 2.57. The lowest BCUT2D eigenvalue weighted by Crippen LogP contribution is -2.59. The van der Waals surface area contributed by atoms with E-state index in [1.165, 1.54) is 0 Å². The van der Waals surface area contributed by atoms with Gasteiger partial charge in [0, 0.05) is 11.6 Å². The molecule has 0 unspecified atom stereocenters. The molecule has 3 rings (SSSR count). The Morgan fingerprint density at radius 2 is 1.67 bits per heavy atom. The van der Waals surface area contributed by atoms with Gasteiger partial charge in [-0.15, -0.1) is 0 Å². The van der Waals surface area contributed by atoms with Gasteiger partial charge in [-0.25, -0.2) is 4.79 Å². The molecule has 9 heteroatoms. The van der Waals surface area contributed by atoms with Crippen molar-refractivity contribution in [3.05, 3.63) is 36.5 Å². The van der Waals surface area contributed by atoms with Crippen molar-refractivity contribution in [3.8, 4) is 5.75 Å². The van der Waals surface area contributed by atoms with E-state index in [2.05, 4.69) is 9.72 Å². The van der Waals surface area contributed by atoms with Gasteiger partial charge in [-0.05, 0) is 12.1 Å². The number of aliphatic carboxylic acids is 1. The van der Waals surface area contributed by atoms with E-state index >= 15 is 0 Å². The van der Waals surface area contributed by atoms with E-state index in [0.29, 0.717) is 5.52 Å². The molecule has 9 nitrogen and oxygen atoms in total. The molecule has 0 spiro atoms. The zero-order valence-corrected chi connectivity index (χ0v) is 12.3. The van der Waals surface area contributed by atoms with Gasteiger partial charge in [0.25, 0.3) is 0 Å². The Morgan fingerprint density at radius 3 is 2.29 bits per heavy atom. The topological polar surface area (TPSA) is 161 Å². The number of hydrogen-bond donors (Lipinski definition) is 6. The molecule has 0 radical (unpaired) electrons. The number of carboxylic acids is 1. The van der Waals surface area contributed by atoms with Crippen molar-refractivity contribution in [2.75, 3.05) is 0 Å². The van der Waals surface area contributed by atoms with E-state index in [1.54, 1.807) is 18.3 Å². The van der Waals surface area contributed by atoms with Gasteiger partial charge in [0.1, 0.15) is 29.6 Å². The number of para-hydroxylation sites is 1. The number of carbonyl (C=O) groups is 1. The van der Waals surface area contributed by atoms with Crippen LogP contribution in [0.15, 0.2) is 36.5 Å². The van der Waals surface area contributed by atoms with Gasteiger partial charge in [-0.1, -0.05) is 18.2 Å². The largest absolute Gasteiger partial charge is 0.506 e. The summed E-state index contributed by atoms with van der Waals surface area (Å²) >= 11 is 0. The number of aliphatic hydroxyl groups excluding tert-OH is 4. The summed E-state index contributed by atoms with van der Waals surface area (Å²) < 4.78 is 4.34. The molecule has 1 saturated heterocycles. The van der Waals surface area contributed by atoms with Crippen LogP contribution in [0.25, 0.3) is 10.9 Å². The van der Waals surface area contributed by atoms with Crippen LogP contribution in [-0.2, 0) is 9.53 Å². The summed E-state index contributed by atoms with van der Waals surface area (Å²) in [5.74, 6) is -1.28. The maximum atomic E-state index is 10.4. The number of ether oxygens (including phenoxy) is 1. The van der Waals surface area contributed by atoms with Crippen molar-refractivity contribution in [2.24, 2.45) is 0 Å². The quantitative estimate of drug-likeness (QED) is 0.375. The van der Waals surface area contributed by atoms with Crippen molar-refractivity contribution in [3.63, 3.8) is 0 Å². The second kappa shape index (κ2) is 7.51. The molecule has 2 heterocycles. The number of aromatic nitrogens is 1. The Morgan fingerprint density at radius 1 is 1.00 bits per heavy atom. The van der Waals surface area contributed by atoms with Crippen molar-refractivity contribution in [1.29, 1.82) is 0 Å². The number of carboxylic acid groups (broad SMARTS) is 1. The SMILES string of the molecule is O=C(O)[C@H]1O[C@@H](O)[C@H](O)[C@@H](O)[C@@H]1O.Oc1cccc2cccnc12. The molecule has 1 aliphatic heterocycles. The van der Waals surface area contributed by atoms with E-state index in [1.807, 2.05) is 18.2 Å². The molecule has 1 fully saturated rings. The maximum Gasteiger partial charge on any atom is 0.335 e. The average molecular weight is 339 g/mol. The lowest BCUT2D eigenvalue weighted by Gasteiger charge is -2.36. The van der Waals surface area contributed by atoms with Gasteiger partial charge >= 0.3 is 5.97 Å². The number of rotatable bonds is 1. The van der Waals surface area contributed by atoms with Gasteiger partial charge in [0.15, 0.2) is 12.4 Å². The lowest BCUT2D eigenvalue weighted by molar-refractivity contribution is -0.279. The van der Waals surface area contributed by atoms with Gasteiger partial charge in [0.05, 0.1) is 0 Å². The highest BCUT2D eigenvalue weighted by Crippen LogP contribution is 2.21. The first-order valence-corrected chi connectivity index (χ1v) is 6.96. The summed E-state index contributed by atoms with van der Waals surface area (Å²) in [7, 11) is 0. The van der Waals surface area contributed by atoms with Crippen molar-refractivity contribution < 1.29 is 40.2 Å².